The van der Waals surface area contributed by atoms with Crippen molar-refractivity contribution in [3.63, 3.8) is 0 Å². The summed E-state index contributed by atoms with van der Waals surface area (Å²) in [5, 5.41) is 11.9. The van der Waals surface area contributed by atoms with Crippen molar-refractivity contribution < 1.29 is 9.90 Å². The van der Waals surface area contributed by atoms with Crippen molar-refractivity contribution in [3.05, 3.63) is 66.3 Å². The number of allylic oxidation sites excluding steroid dienone is 3. The number of hydrogen-bond acceptors (Lipinski definition) is 1. The van der Waals surface area contributed by atoms with E-state index in [0.29, 0.717) is 12.8 Å². The number of carboxylic acid groups (broad SMARTS) is 1. The molecule has 0 aromatic heterocycles. The van der Waals surface area contributed by atoms with E-state index in [1.807, 2.05) is 37.3 Å². The molecule has 0 spiro atoms. The fourth-order valence-corrected chi connectivity index (χ4v) is 2.93. The van der Waals surface area contributed by atoms with Crippen molar-refractivity contribution in [2.75, 3.05) is 0 Å². The molecule has 2 aromatic carbocycles. The number of benzene rings is 2. The van der Waals surface area contributed by atoms with E-state index in [2.05, 4.69) is 30.3 Å². The summed E-state index contributed by atoms with van der Waals surface area (Å²) in [7, 11) is 0. The topological polar surface area (TPSA) is 37.3 Å². The average molecular weight is 278 g/mol. The lowest BCUT2D eigenvalue weighted by molar-refractivity contribution is -0.146. The van der Waals surface area contributed by atoms with Gasteiger partial charge in [0.25, 0.3) is 0 Å². The molecular formula is C19H18O2. The Bertz CT molecular complexity index is 755. The van der Waals surface area contributed by atoms with E-state index < -0.39 is 11.4 Å². The van der Waals surface area contributed by atoms with Gasteiger partial charge >= 0.3 is 5.97 Å². The second-order valence-electron chi connectivity index (χ2n) is 5.60. The summed E-state index contributed by atoms with van der Waals surface area (Å²) in [5.41, 5.74) is 1.43. The van der Waals surface area contributed by atoms with Gasteiger partial charge in [0.15, 0.2) is 0 Å². The maximum Gasteiger partial charge on any atom is 0.313 e. The SMILES string of the molecule is CCC1(C(=O)O)C=CC=C(c2ccc3ccccc3c2)C1. The molecule has 0 amide bonds. The summed E-state index contributed by atoms with van der Waals surface area (Å²) in [6.45, 7) is 1.93. The lowest BCUT2D eigenvalue weighted by Gasteiger charge is -2.28. The third kappa shape index (κ3) is 2.38. The van der Waals surface area contributed by atoms with Crippen molar-refractivity contribution in [2.24, 2.45) is 5.41 Å². The molecule has 1 unspecified atom stereocenters. The molecule has 0 aliphatic heterocycles. The summed E-state index contributed by atoms with van der Waals surface area (Å²) in [5.74, 6) is -0.743. The Balaban J connectivity index is 2.01. The largest absolute Gasteiger partial charge is 0.481 e. The highest BCUT2D eigenvalue weighted by Crippen LogP contribution is 2.39. The van der Waals surface area contributed by atoms with Gasteiger partial charge in [0.05, 0.1) is 5.41 Å². The van der Waals surface area contributed by atoms with Crippen LogP contribution in [0.15, 0.2) is 60.7 Å². The smallest absolute Gasteiger partial charge is 0.313 e. The van der Waals surface area contributed by atoms with Crippen LogP contribution in [0, 0.1) is 5.41 Å². The zero-order chi connectivity index (χ0) is 14.9. The molecule has 1 atom stereocenters. The summed E-state index contributed by atoms with van der Waals surface area (Å²) in [4.78, 5) is 11.6. The summed E-state index contributed by atoms with van der Waals surface area (Å²) in [6, 6.07) is 14.5. The van der Waals surface area contributed by atoms with E-state index in [9.17, 15) is 9.90 Å². The maximum atomic E-state index is 11.6. The lowest BCUT2D eigenvalue weighted by atomic mass is 9.75. The van der Waals surface area contributed by atoms with Gasteiger partial charge in [-0.15, -0.1) is 0 Å². The molecule has 21 heavy (non-hydrogen) atoms. The lowest BCUT2D eigenvalue weighted by Crippen LogP contribution is -2.29. The molecule has 1 aliphatic rings. The highest BCUT2D eigenvalue weighted by Gasteiger charge is 2.36. The van der Waals surface area contributed by atoms with Crippen molar-refractivity contribution in [3.8, 4) is 0 Å². The predicted molar refractivity (Wildman–Crippen MR) is 86.0 cm³/mol. The fraction of sp³-hybridized carbons (Fsp3) is 0.211. The Hall–Kier alpha value is -2.35. The van der Waals surface area contributed by atoms with Crippen LogP contribution in [0.3, 0.4) is 0 Å². The number of carboxylic acids is 1. The first kappa shape index (κ1) is 13.6. The highest BCUT2D eigenvalue weighted by atomic mass is 16.4. The molecule has 1 aliphatic carbocycles. The number of fused-ring (bicyclic) bond motifs is 1. The van der Waals surface area contributed by atoms with E-state index >= 15 is 0 Å². The highest BCUT2D eigenvalue weighted by molar-refractivity contribution is 5.88. The fourth-order valence-electron chi connectivity index (χ4n) is 2.93. The molecule has 2 aromatic rings. The number of rotatable bonds is 3. The minimum Gasteiger partial charge on any atom is -0.481 e. The van der Waals surface area contributed by atoms with Gasteiger partial charge in [-0.3, -0.25) is 4.79 Å². The standard InChI is InChI=1S/C19H18O2/c1-2-19(18(20)21)11-5-8-17(13-19)16-10-9-14-6-3-4-7-15(14)12-16/h3-12H,2,13H2,1H3,(H,20,21). The van der Waals surface area contributed by atoms with E-state index in [1.54, 1.807) is 0 Å². The first-order valence-electron chi connectivity index (χ1n) is 7.25. The zero-order valence-corrected chi connectivity index (χ0v) is 12.0. The molecule has 0 fully saturated rings. The monoisotopic (exact) mass is 278 g/mol. The quantitative estimate of drug-likeness (QED) is 0.886. The minimum atomic E-state index is -0.768. The van der Waals surface area contributed by atoms with Gasteiger partial charge in [-0.1, -0.05) is 61.5 Å². The van der Waals surface area contributed by atoms with Crippen LogP contribution in [0.1, 0.15) is 25.3 Å². The number of aliphatic carboxylic acids is 1. The maximum absolute atomic E-state index is 11.6. The molecule has 0 bridgehead atoms. The average Bonchev–Trinajstić information content (AvgIpc) is 2.54. The van der Waals surface area contributed by atoms with Crippen LogP contribution in [0.2, 0.25) is 0 Å². The second kappa shape index (κ2) is 5.21. The van der Waals surface area contributed by atoms with Crippen LogP contribution < -0.4 is 0 Å². The Labute approximate surface area is 124 Å². The van der Waals surface area contributed by atoms with E-state index in [-0.39, 0.29) is 0 Å². The molecule has 3 rings (SSSR count). The van der Waals surface area contributed by atoms with Gasteiger partial charge in [0.1, 0.15) is 0 Å². The van der Waals surface area contributed by atoms with Crippen LogP contribution >= 0.6 is 0 Å². The van der Waals surface area contributed by atoms with Gasteiger partial charge in [0.2, 0.25) is 0 Å². The van der Waals surface area contributed by atoms with Gasteiger partial charge in [-0.05, 0) is 40.8 Å². The Morgan fingerprint density at radius 1 is 1.19 bits per heavy atom. The van der Waals surface area contributed by atoms with Crippen LogP contribution in [-0.4, -0.2) is 11.1 Å². The van der Waals surface area contributed by atoms with Crippen molar-refractivity contribution in [2.45, 2.75) is 19.8 Å². The molecule has 2 nitrogen and oxygen atoms in total. The van der Waals surface area contributed by atoms with E-state index in [0.717, 1.165) is 11.1 Å². The molecule has 0 radical (unpaired) electrons. The third-order valence-corrected chi connectivity index (χ3v) is 4.40. The van der Waals surface area contributed by atoms with Crippen LogP contribution in [0.4, 0.5) is 0 Å². The van der Waals surface area contributed by atoms with Gasteiger partial charge in [0, 0.05) is 0 Å². The Kier molecular flexibility index (Phi) is 3.38. The first-order chi connectivity index (χ1) is 10.1. The molecule has 0 saturated heterocycles. The first-order valence-corrected chi connectivity index (χ1v) is 7.25. The summed E-state index contributed by atoms with van der Waals surface area (Å²) < 4.78 is 0. The molecule has 106 valence electrons. The predicted octanol–water partition coefficient (Wildman–Crippen LogP) is 4.66. The molecule has 0 heterocycles. The van der Waals surface area contributed by atoms with Gasteiger partial charge in [-0.2, -0.15) is 0 Å². The zero-order valence-electron chi connectivity index (χ0n) is 12.0. The molecule has 1 N–H and O–H groups in total. The molecular weight excluding hydrogens is 260 g/mol. The van der Waals surface area contributed by atoms with Crippen LogP contribution in [-0.2, 0) is 4.79 Å². The number of hydrogen-bond donors (Lipinski definition) is 1. The minimum absolute atomic E-state index is 0.549. The van der Waals surface area contributed by atoms with Crippen molar-refractivity contribution in [1.29, 1.82) is 0 Å². The van der Waals surface area contributed by atoms with Gasteiger partial charge in [-0.25, -0.2) is 0 Å². The third-order valence-electron chi connectivity index (χ3n) is 4.40. The van der Waals surface area contributed by atoms with E-state index in [4.69, 9.17) is 0 Å². The molecule has 2 heteroatoms. The number of carbonyl (C=O) groups is 1. The van der Waals surface area contributed by atoms with Crippen LogP contribution in [0.25, 0.3) is 16.3 Å². The second-order valence-corrected chi connectivity index (χ2v) is 5.60. The Morgan fingerprint density at radius 2 is 1.95 bits per heavy atom. The normalized spacial score (nSPS) is 21.3. The van der Waals surface area contributed by atoms with Crippen LogP contribution in [0.5, 0.6) is 0 Å². The van der Waals surface area contributed by atoms with Crippen molar-refractivity contribution >= 4 is 22.3 Å². The summed E-state index contributed by atoms with van der Waals surface area (Å²) >= 11 is 0. The molecule has 0 saturated carbocycles. The Morgan fingerprint density at radius 3 is 2.67 bits per heavy atom. The summed E-state index contributed by atoms with van der Waals surface area (Å²) in [6.07, 6.45) is 6.88. The van der Waals surface area contributed by atoms with Crippen molar-refractivity contribution in [1.82, 2.24) is 0 Å². The van der Waals surface area contributed by atoms with E-state index in [1.165, 1.54) is 10.8 Å². The van der Waals surface area contributed by atoms with Gasteiger partial charge < -0.3 is 5.11 Å².